The van der Waals surface area contributed by atoms with Crippen molar-refractivity contribution < 1.29 is 29.4 Å². The van der Waals surface area contributed by atoms with Crippen molar-refractivity contribution in [2.75, 3.05) is 6.54 Å². The third kappa shape index (κ3) is 9.58. The van der Waals surface area contributed by atoms with Gasteiger partial charge in [0.25, 0.3) is 0 Å². The van der Waals surface area contributed by atoms with Gasteiger partial charge in [-0.25, -0.2) is 4.79 Å². The van der Waals surface area contributed by atoms with Crippen LogP contribution in [-0.2, 0) is 25.6 Å². The summed E-state index contributed by atoms with van der Waals surface area (Å²) in [7, 11) is 0. The highest BCUT2D eigenvalue weighted by atomic mass is 16.4. The highest BCUT2D eigenvalue weighted by molar-refractivity contribution is 5.92. The van der Waals surface area contributed by atoms with E-state index in [4.69, 9.17) is 5.73 Å². The third-order valence-electron chi connectivity index (χ3n) is 4.50. The van der Waals surface area contributed by atoms with Gasteiger partial charge in [-0.15, -0.1) is 0 Å². The molecule has 1 rings (SSSR count). The maximum absolute atomic E-state index is 12.7. The van der Waals surface area contributed by atoms with E-state index in [9.17, 15) is 29.4 Å². The van der Waals surface area contributed by atoms with Gasteiger partial charge in [0.1, 0.15) is 18.1 Å². The first-order valence-electron chi connectivity index (χ1n) is 10.1. The van der Waals surface area contributed by atoms with E-state index in [1.54, 1.807) is 30.3 Å². The highest BCUT2D eigenvalue weighted by Crippen LogP contribution is 2.06. The molecule has 0 aromatic heterocycles. The van der Waals surface area contributed by atoms with E-state index in [1.807, 2.05) is 13.8 Å². The summed E-state index contributed by atoms with van der Waals surface area (Å²) in [5.41, 5.74) is 6.40. The molecule has 0 spiro atoms. The minimum absolute atomic E-state index is 0.0552. The van der Waals surface area contributed by atoms with Crippen molar-refractivity contribution in [2.45, 2.75) is 57.8 Å². The van der Waals surface area contributed by atoms with E-state index in [-0.39, 0.29) is 18.8 Å². The quantitative estimate of drug-likeness (QED) is 0.248. The number of aliphatic hydroxyl groups is 1. The lowest BCUT2D eigenvalue weighted by molar-refractivity contribution is -0.142. The van der Waals surface area contributed by atoms with Gasteiger partial charge in [0.05, 0.1) is 12.6 Å². The van der Waals surface area contributed by atoms with Crippen molar-refractivity contribution in [1.82, 2.24) is 16.0 Å². The minimum Gasteiger partial charge on any atom is -0.480 e. The Balaban J connectivity index is 2.78. The van der Waals surface area contributed by atoms with Crippen molar-refractivity contribution in [3.8, 4) is 0 Å². The van der Waals surface area contributed by atoms with Gasteiger partial charge in [0, 0.05) is 6.42 Å². The molecule has 172 valence electrons. The van der Waals surface area contributed by atoms with Crippen LogP contribution in [0.4, 0.5) is 0 Å². The molecule has 1 aromatic carbocycles. The van der Waals surface area contributed by atoms with Crippen molar-refractivity contribution in [3.63, 3.8) is 0 Å². The molecule has 0 aliphatic heterocycles. The van der Waals surface area contributed by atoms with Crippen LogP contribution in [0.5, 0.6) is 0 Å². The van der Waals surface area contributed by atoms with Gasteiger partial charge >= 0.3 is 5.97 Å². The predicted octanol–water partition coefficient (Wildman–Crippen LogP) is -0.846. The van der Waals surface area contributed by atoms with E-state index in [1.165, 1.54) is 6.92 Å². The number of benzene rings is 1. The van der Waals surface area contributed by atoms with E-state index in [0.29, 0.717) is 0 Å². The van der Waals surface area contributed by atoms with Gasteiger partial charge in [-0.3, -0.25) is 14.4 Å². The third-order valence-corrected chi connectivity index (χ3v) is 4.50. The maximum atomic E-state index is 12.7. The molecule has 10 nitrogen and oxygen atoms in total. The number of hydrogen-bond acceptors (Lipinski definition) is 6. The number of rotatable bonds is 12. The first-order valence-corrected chi connectivity index (χ1v) is 10.1. The average Bonchev–Trinajstić information content (AvgIpc) is 2.70. The van der Waals surface area contributed by atoms with Gasteiger partial charge in [-0.2, -0.15) is 0 Å². The number of amides is 3. The van der Waals surface area contributed by atoms with Crippen LogP contribution in [0.1, 0.15) is 32.8 Å². The zero-order valence-corrected chi connectivity index (χ0v) is 18.0. The fraction of sp³-hybridized carbons (Fsp3) is 0.524. The molecule has 7 N–H and O–H groups in total. The molecule has 0 heterocycles. The summed E-state index contributed by atoms with van der Waals surface area (Å²) in [6.07, 6.45) is -0.725. The van der Waals surface area contributed by atoms with Crippen LogP contribution in [0, 0.1) is 5.92 Å². The number of carboxylic acid groups (broad SMARTS) is 1. The van der Waals surface area contributed by atoms with Crippen molar-refractivity contribution in [3.05, 3.63) is 35.9 Å². The highest BCUT2D eigenvalue weighted by Gasteiger charge is 2.27. The number of carboxylic acids is 1. The molecule has 31 heavy (non-hydrogen) atoms. The van der Waals surface area contributed by atoms with E-state index in [2.05, 4.69) is 16.0 Å². The molecule has 0 saturated carbocycles. The lowest BCUT2D eigenvalue weighted by Gasteiger charge is -2.22. The number of carbonyl (C=O) groups excluding carboxylic acids is 3. The fourth-order valence-electron chi connectivity index (χ4n) is 2.77. The van der Waals surface area contributed by atoms with Crippen molar-refractivity contribution in [1.29, 1.82) is 0 Å². The Morgan fingerprint density at radius 2 is 1.58 bits per heavy atom. The Labute approximate surface area is 181 Å². The molecular formula is C21H32N4O6. The van der Waals surface area contributed by atoms with E-state index >= 15 is 0 Å². The summed E-state index contributed by atoms with van der Waals surface area (Å²) in [6.45, 7) is 4.57. The molecule has 0 radical (unpaired) electrons. The van der Waals surface area contributed by atoms with Crippen LogP contribution < -0.4 is 21.7 Å². The molecule has 0 aliphatic carbocycles. The largest absolute Gasteiger partial charge is 0.480 e. The minimum atomic E-state index is -1.22. The lowest BCUT2D eigenvalue weighted by atomic mass is 10.0. The second-order valence-corrected chi connectivity index (χ2v) is 7.82. The number of nitrogens with one attached hydrogen (secondary N) is 3. The molecule has 10 heteroatoms. The Bertz CT molecular complexity index is 753. The Hall–Kier alpha value is -2.98. The Morgan fingerprint density at radius 3 is 2.10 bits per heavy atom. The fourth-order valence-corrected chi connectivity index (χ4v) is 2.77. The summed E-state index contributed by atoms with van der Waals surface area (Å²) in [5.74, 6) is -3.11. The first-order chi connectivity index (χ1) is 14.5. The summed E-state index contributed by atoms with van der Waals surface area (Å²) >= 11 is 0. The van der Waals surface area contributed by atoms with Gasteiger partial charge in [0.2, 0.25) is 17.7 Å². The normalized spacial score (nSPS) is 14.8. The number of carbonyl (C=O) groups is 4. The molecule has 0 fully saturated rings. The van der Waals surface area contributed by atoms with Crippen LogP contribution in [-0.4, -0.2) is 64.7 Å². The van der Waals surface area contributed by atoms with E-state index < -0.39 is 54.5 Å². The van der Waals surface area contributed by atoms with Crippen molar-refractivity contribution in [2.24, 2.45) is 11.7 Å². The molecule has 1 aromatic rings. The molecule has 0 aliphatic rings. The number of nitrogens with two attached hydrogens (primary N) is 1. The number of aliphatic hydroxyl groups excluding tert-OH is 1. The maximum Gasteiger partial charge on any atom is 0.326 e. The standard InChI is InChI=1S/C21H32N4O6/c1-12(2)9-16(21(30)31)24-17(27)11-23-19(28)15(10-14-7-5-4-6-8-14)25-20(29)18(22)13(3)26/h4-8,12-13,15-16,18,26H,9-11,22H2,1-3H3,(H,23,28)(H,24,27)(H,25,29)(H,30,31). The molecule has 4 unspecified atom stereocenters. The first kappa shape index (κ1) is 26.1. The zero-order chi connectivity index (χ0) is 23.6. The van der Waals surface area contributed by atoms with Crippen LogP contribution in [0.25, 0.3) is 0 Å². The number of hydrogen-bond donors (Lipinski definition) is 6. The smallest absolute Gasteiger partial charge is 0.326 e. The van der Waals surface area contributed by atoms with Gasteiger partial charge in [-0.1, -0.05) is 44.2 Å². The monoisotopic (exact) mass is 436 g/mol. The summed E-state index contributed by atoms with van der Waals surface area (Å²) in [5, 5.41) is 26.0. The summed E-state index contributed by atoms with van der Waals surface area (Å²) in [6, 6.07) is 5.59. The molecular weight excluding hydrogens is 404 g/mol. The Kier molecular flexibility index (Phi) is 10.6. The molecule has 0 bridgehead atoms. The van der Waals surface area contributed by atoms with Gasteiger partial charge in [0.15, 0.2) is 0 Å². The van der Waals surface area contributed by atoms with Crippen LogP contribution in [0.15, 0.2) is 30.3 Å². The lowest BCUT2D eigenvalue weighted by Crippen LogP contribution is -2.56. The second-order valence-electron chi connectivity index (χ2n) is 7.82. The Morgan fingerprint density at radius 1 is 0.968 bits per heavy atom. The van der Waals surface area contributed by atoms with Crippen LogP contribution in [0.2, 0.25) is 0 Å². The SMILES string of the molecule is CC(C)CC(NC(=O)CNC(=O)C(Cc1ccccc1)NC(=O)C(N)C(C)O)C(=O)O. The van der Waals surface area contributed by atoms with Crippen molar-refractivity contribution >= 4 is 23.7 Å². The number of aliphatic carboxylic acids is 1. The summed E-state index contributed by atoms with van der Waals surface area (Å²) < 4.78 is 0. The predicted molar refractivity (Wildman–Crippen MR) is 114 cm³/mol. The van der Waals surface area contributed by atoms with Crippen LogP contribution >= 0.6 is 0 Å². The summed E-state index contributed by atoms with van der Waals surface area (Å²) in [4.78, 5) is 48.3. The average molecular weight is 437 g/mol. The second kappa shape index (κ2) is 12.7. The van der Waals surface area contributed by atoms with E-state index in [0.717, 1.165) is 5.56 Å². The van der Waals surface area contributed by atoms with Gasteiger partial charge in [-0.05, 0) is 24.8 Å². The molecule has 4 atom stereocenters. The zero-order valence-electron chi connectivity index (χ0n) is 18.0. The molecule has 0 saturated heterocycles. The van der Waals surface area contributed by atoms with Crippen LogP contribution in [0.3, 0.4) is 0 Å². The molecule has 3 amide bonds. The topological polar surface area (TPSA) is 171 Å². The van der Waals surface area contributed by atoms with Gasteiger partial charge < -0.3 is 31.9 Å².